The van der Waals surface area contributed by atoms with Gasteiger partial charge in [0.1, 0.15) is 59.1 Å². The quantitative estimate of drug-likeness (QED) is 0.0309. The van der Waals surface area contributed by atoms with E-state index in [1.807, 2.05) is 0 Å². The van der Waals surface area contributed by atoms with Gasteiger partial charge in [0, 0.05) is 13.8 Å². The maximum atomic E-state index is 11.4. The number of hydrogen-bond acceptors (Lipinski definition) is 25. The van der Waals surface area contributed by atoms with Crippen LogP contribution in [0.25, 0.3) is 0 Å². The summed E-state index contributed by atoms with van der Waals surface area (Å²) in [6.07, 6.45) is -3.29. The molecule has 6 rings (SSSR count). The third kappa shape index (κ3) is 17.8. The summed E-state index contributed by atoms with van der Waals surface area (Å²) in [6, 6.07) is -2.10. The Hall–Kier alpha value is -3.54. The summed E-state index contributed by atoms with van der Waals surface area (Å²) in [5, 5.41) is 63.7. The maximum absolute atomic E-state index is 11.4. The molecule has 0 aliphatic carbocycles. The van der Waals surface area contributed by atoms with Gasteiger partial charge in [0.05, 0.1) is 177 Å². The molecule has 4 bridgehead atoms. The lowest BCUT2D eigenvalue weighted by molar-refractivity contribution is -0.238. The molecule has 8 N–H and O–H groups in total. The molecule has 4 saturated heterocycles. The number of hydrogen-bond donors (Lipinski definition) is 7. The number of nitrogens with two attached hydrogens (primary N) is 1. The number of fused-ring (bicyclic) bond motifs is 4. The second-order valence-corrected chi connectivity index (χ2v) is 17.6. The van der Waals surface area contributed by atoms with Crippen LogP contribution in [0.15, 0.2) is 12.4 Å². The summed E-state index contributed by atoms with van der Waals surface area (Å²) in [6.45, 7) is 9.54. The minimum Gasteiger partial charge on any atom is -0.388 e. The van der Waals surface area contributed by atoms with Crippen LogP contribution in [0.4, 0.5) is 0 Å². The van der Waals surface area contributed by atoms with Crippen LogP contribution < -0.4 is 16.4 Å². The zero-order valence-corrected chi connectivity index (χ0v) is 40.9. The second-order valence-electron chi connectivity index (χ2n) is 17.6. The van der Waals surface area contributed by atoms with Crippen molar-refractivity contribution in [3.05, 3.63) is 23.8 Å². The predicted octanol–water partition coefficient (Wildman–Crippen LogP) is -5.23. The molecule has 4 fully saturated rings. The highest BCUT2D eigenvalue weighted by Gasteiger charge is 2.60. The number of aliphatic hydroxyl groups is 4. The Morgan fingerprint density at radius 3 is 1.31 bits per heavy atom. The number of amides is 2. The van der Waals surface area contributed by atoms with E-state index in [0.29, 0.717) is 90.5 Å². The van der Waals surface area contributed by atoms with Crippen LogP contribution in [0.2, 0.25) is 0 Å². The predicted molar refractivity (Wildman–Crippen MR) is 240 cm³/mol. The molecule has 2 amide bonds. The lowest BCUT2D eigenvalue weighted by atomic mass is 9.88. The van der Waals surface area contributed by atoms with Gasteiger partial charge in [0.2, 0.25) is 11.8 Å². The van der Waals surface area contributed by atoms with E-state index in [4.69, 9.17) is 72.0 Å². The first-order chi connectivity index (χ1) is 34.9. The molecular weight excluding hydrogens is 963 g/mol. The van der Waals surface area contributed by atoms with Gasteiger partial charge in [-0.15, -0.1) is 10.2 Å². The van der Waals surface area contributed by atoms with Crippen LogP contribution in [0.1, 0.15) is 25.2 Å². The van der Waals surface area contributed by atoms with Crippen molar-refractivity contribution < 1.29 is 96.3 Å². The molecule has 0 unspecified atom stereocenters. The van der Waals surface area contributed by atoms with Gasteiger partial charge in [-0.1, -0.05) is 10.4 Å². The van der Waals surface area contributed by atoms with Gasteiger partial charge in [-0.25, -0.2) is 9.36 Å². The Morgan fingerprint density at radius 2 is 0.944 bits per heavy atom. The summed E-state index contributed by atoms with van der Waals surface area (Å²) in [5.41, 5.74) is 5.04. The zero-order valence-electron chi connectivity index (χ0n) is 40.9. The normalized spacial score (nSPS) is 28.2. The zero-order chi connectivity index (χ0) is 51.2. The van der Waals surface area contributed by atoms with Crippen molar-refractivity contribution in [2.75, 3.05) is 132 Å². The molecule has 6 heterocycles. The first-order valence-electron chi connectivity index (χ1n) is 24.0. The lowest BCUT2D eigenvalue weighted by Crippen LogP contribution is -2.66. The topological polar surface area (TPSA) is 356 Å². The van der Waals surface area contributed by atoms with Crippen LogP contribution in [-0.2, 0) is 102 Å². The number of aromatic nitrogens is 6. The van der Waals surface area contributed by atoms with Crippen molar-refractivity contribution in [3.63, 3.8) is 0 Å². The molecule has 2 aromatic rings. The van der Waals surface area contributed by atoms with Crippen molar-refractivity contribution in [1.29, 1.82) is 0 Å². The van der Waals surface area contributed by atoms with E-state index in [1.165, 1.54) is 13.8 Å². The maximum Gasteiger partial charge on any atom is 0.217 e. The van der Waals surface area contributed by atoms with Gasteiger partial charge < -0.3 is 103 Å². The molecule has 2 aromatic heterocycles. The molecule has 0 saturated carbocycles. The van der Waals surface area contributed by atoms with Gasteiger partial charge >= 0.3 is 0 Å². The molecule has 4 aliphatic rings. The molecule has 29 heteroatoms. The first-order valence-corrected chi connectivity index (χ1v) is 24.0. The van der Waals surface area contributed by atoms with E-state index in [1.54, 1.807) is 21.8 Å². The molecule has 0 aromatic carbocycles. The Morgan fingerprint density at radius 1 is 0.597 bits per heavy atom. The molecule has 4 aliphatic heterocycles. The summed E-state index contributed by atoms with van der Waals surface area (Å²) in [5.74, 6) is -0.734. The fraction of sp³-hybridized carbons (Fsp3) is 0.860. The van der Waals surface area contributed by atoms with Crippen LogP contribution in [0.5, 0.6) is 0 Å². The second kappa shape index (κ2) is 30.1. The van der Waals surface area contributed by atoms with E-state index >= 15 is 0 Å². The Bertz CT molecular complexity index is 1740. The van der Waals surface area contributed by atoms with E-state index in [0.717, 1.165) is 0 Å². The Labute approximate surface area is 416 Å². The number of aliphatic hydroxyl groups excluding tert-OH is 4. The number of nitrogens with one attached hydrogen (secondary N) is 2. The van der Waals surface area contributed by atoms with Crippen molar-refractivity contribution >= 4 is 11.8 Å². The molecule has 0 radical (unpaired) electrons. The molecule has 0 spiro atoms. The smallest absolute Gasteiger partial charge is 0.217 e. The van der Waals surface area contributed by atoms with Crippen molar-refractivity contribution in [2.24, 2.45) is 5.73 Å². The van der Waals surface area contributed by atoms with Crippen LogP contribution >= 0.6 is 0 Å². The van der Waals surface area contributed by atoms with Crippen molar-refractivity contribution in [1.82, 2.24) is 40.6 Å². The summed E-state index contributed by atoms with van der Waals surface area (Å²) < 4.78 is 82.1. The number of ether oxygens (including phenoxy) is 14. The van der Waals surface area contributed by atoms with Gasteiger partial charge in [-0.05, 0) is 0 Å². The van der Waals surface area contributed by atoms with E-state index in [-0.39, 0.29) is 97.1 Å². The van der Waals surface area contributed by atoms with E-state index < -0.39 is 60.3 Å². The van der Waals surface area contributed by atoms with Crippen LogP contribution in [0.3, 0.4) is 0 Å². The summed E-state index contributed by atoms with van der Waals surface area (Å²) in [4.78, 5) is 22.8. The standard InChI is InChI=1S/C43H73N9O20/c1-29(53)45-34-36(55)38(57)42(27-69-40(34)71-42)25-65-17-15-63-13-11-61-9-7-59-5-3-51-19-32(47-49-51)23-67-21-31(44)22-68-24-33-20-52(50-48-33)4-6-60-8-10-62-12-14-64-16-18-66-26-43-28-70-41(72-43)35(46-30(2)54)37(56)39(43)58/h19-20,31,34-41,55-58H,3-18,21-28,44H2,1-2H3,(H,45,53)(H,46,54)/t34-,35-,36-,37-,38-,39-,40+,41+,42+,43+/m1/s1. The minimum atomic E-state index is -1.30. The third-order valence-electron chi connectivity index (χ3n) is 11.7. The molecular formula is C43H73N9O20. The fourth-order valence-corrected chi connectivity index (χ4v) is 7.98. The average Bonchev–Trinajstić information content (AvgIpc) is 4.18. The summed E-state index contributed by atoms with van der Waals surface area (Å²) in [7, 11) is 0. The minimum absolute atomic E-state index is 0.0102. The molecule has 72 heavy (non-hydrogen) atoms. The van der Waals surface area contributed by atoms with Crippen molar-refractivity contribution in [2.45, 2.75) is 106 Å². The van der Waals surface area contributed by atoms with E-state index in [2.05, 4.69) is 31.3 Å². The number of nitrogens with zero attached hydrogens (tertiary/aromatic N) is 6. The van der Waals surface area contributed by atoms with Gasteiger partial charge in [0.15, 0.2) is 12.6 Å². The number of carbonyl (C=O) groups excluding carboxylic acids is 2. The summed E-state index contributed by atoms with van der Waals surface area (Å²) >= 11 is 0. The third-order valence-corrected chi connectivity index (χ3v) is 11.7. The van der Waals surface area contributed by atoms with Gasteiger partial charge in [-0.2, -0.15) is 0 Å². The SMILES string of the molecule is CC(=O)N[C@H]1[C@H]2OC[C@](COCCOCCOCCOCCn3cc(COCC(N)COCc4cn(CCOCCOCCOCCOC[C@@]56CO[C@@H](O5)[C@H](NC(C)=O)[C@@H](O)[C@H]6O)nn4)nn3)(O2)[C@H](O)[C@@H]1O. The highest BCUT2D eigenvalue weighted by Crippen LogP contribution is 2.38. The molecule has 10 atom stereocenters. The fourth-order valence-electron chi connectivity index (χ4n) is 7.98. The van der Waals surface area contributed by atoms with Gasteiger partial charge in [0.25, 0.3) is 0 Å². The molecule has 29 nitrogen and oxygen atoms in total. The number of rotatable bonds is 38. The number of carbonyl (C=O) groups is 2. The van der Waals surface area contributed by atoms with Crippen LogP contribution in [-0.4, -0.2) is 261 Å². The Kier molecular flexibility index (Phi) is 24.2. The average molecular weight is 1040 g/mol. The van der Waals surface area contributed by atoms with Gasteiger partial charge in [-0.3, -0.25) is 9.59 Å². The lowest BCUT2D eigenvalue weighted by Gasteiger charge is -2.42. The largest absolute Gasteiger partial charge is 0.388 e. The highest BCUT2D eigenvalue weighted by molar-refractivity contribution is 5.73. The first kappa shape index (κ1) is 57.7. The van der Waals surface area contributed by atoms with E-state index in [9.17, 15) is 30.0 Å². The Balaban J connectivity index is 0.666. The monoisotopic (exact) mass is 1040 g/mol. The van der Waals surface area contributed by atoms with Crippen LogP contribution in [0, 0.1) is 0 Å². The van der Waals surface area contributed by atoms with Crippen molar-refractivity contribution in [3.8, 4) is 0 Å². The molecule has 410 valence electrons. The highest BCUT2D eigenvalue weighted by atomic mass is 16.8.